The lowest BCUT2D eigenvalue weighted by Gasteiger charge is -2.18. The molecule has 0 aromatic heterocycles. The summed E-state index contributed by atoms with van der Waals surface area (Å²) in [5.74, 6) is 0.305. The van der Waals surface area contributed by atoms with Crippen molar-refractivity contribution in [3.63, 3.8) is 0 Å². The van der Waals surface area contributed by atoms with Crippen molar-refractivity contribution in [3.8, 4) is 0 Å². The van der Waals surface area contributed by atoms with Crippen LogP contribution in [0.25, 0.3) is 0 Å². The molecule has 1 aliphatic heterocycles. The second-order valence-electron chi connectivity index (χ2n) is 5.23. The number of halogens is 4. The van der Waals surface area contributed by atoms with Gasteiger partial charge in [-0.15, -0.1) is 0 Å². The van der Waals surface area contributed by atoms with Gasteiger partial charge in [-0.3, -0.25) is 4.90 Å². The molecule has 1 aliphatic rings. The number of alkyl halides is 3. The van der Waals surface area contributed by atoms with Crippen LogP contribution in [0, 0.1) is 5.92 Å². The first-order chi connectivity index (χ1) is 9.44. The number of likely N-dealkylation sites (tertiary alicyclic amines) is 1. The van der Waals surface area contributed by atoms with Gasteiger partial charge >= 0.3 is 6.18 Å². The maximum atomic E-state index is 12.3. The number of nitrogens with zero attached hydrogens (tertiary/aromatic N) is 1. The van der Waals surface area contributed by atoms with Crippen molar-refractivity contribution >= 4 is 15.9 Å². The van der Waals surface area contributed by atoms with Gasteiger partial charge < -0.3 is 5.32 Å². The smallest absolute Gasteiger partial charge is 0.312 e. The van der Waals surface area contributed by atoms with Crippen LogP contribution in [0.2, 0.25) is 0 Å². The summed E-state index contributed by atoms with van der Waals surface area (Å²) in [6.45, 7) is 1.78. The number of nitrogens with one attached hydrogen (secondary N) is 1. The second kappa shape index (κ2) is 6.91. The van der Waals surface area contributed by atoms with Crippen molar-refractivity contribution in [2.24, 2.45) is 5.92 Å². The maximum Gasteiger partial charge on any atom is 0.401 e. The molecule has 1 N–H and O–H groups in total. The highest BCUT2D eigenvalue weighted by atomic mass is 79.9. The van der Waals surface area contributed by atoms with Gasteiger partial charge in [0, 0.05) is 17.6 Å². The van der Waals surface area contributed by atoms with Crippen molar-refractivity contribution < 1.29 is 13.2 Å². The van der Waals surface area contributed by atoms with E-state index in [0.717, 1.165) is 29.5 Å². The van der Waals surface area contributed by atoms with E-state index < -0.39 is 12.7 Å². The fourth-order valence-electron chi connectivity index (χ4n) is 2.53. The molecule has 1 aromatic rings. The van der Waals surface area contributed by atoms with Crippen LogP contribution < -0.4 is 5.32 Å². The van der Waals surface area contributed by atoms with Crippen molar-refractivity contribution in [2.75, 3.05) is 26.2 Å². The van der Waals surface area contributed by atoms with Crippen molar-refractivity contribution in [2.45, 2.75) is 19.1 Å². The maximum absolute atomic E-state index is 12.3. The zero-order chi connectivity index (χ0) is 14.6. The van der Waals surface area contributed by atoms with Gasteiger partial charge in [-0.25, -0.2) is 0 Å². The highest BCUT2D eigenvalue weighted by Gasteiger charge is 2.34. The molecule has 0 aliphatic carbocycles. The summed E-state index contributed by atoms with van der Waals surface area (Å²) in [5.41, 5.74) is 1.16. The monoisotopic (exact) mass is 350 g/mol. The van der Waals surface area contributed by atoms with Crippen molar-refractivity contribution in [1.82, 2.24) is 10.2 Å². The number of rotatable bonds is 5. The van der Waals surface area contributed by atoms with E-state index in [1.807, 2.05) is 24.3 Å². The van der Waals surface area contributed by atoms with Gasteiger partial charge in [0.25, 0.3) is 0 Å². The minimum absolute atomic E-state index is 0.305. The average molecular weight is 351 g/mol. The van der Waals surface area contributed by atoms with Crippen LogP contribution in [-0.2, 0) is 6.54 Å². The van der Waals surface area contributed by atoms with Crippen LogP contribution in [0.3, 0.4) is 0 Å². The largest absolute Gasteiger partial charge is 0.401 e. The Morgan fingerprint density at radius 3 is 2.75 bits per heavy atom. The fourth-order valence-corrected chi connectivity index (χ4v) is 2.95. The van der Waals surface area contributed by atoms with Crippen LogP contribution >= 0.6 is 15.9 Å². The first-order valence-corrected chi connectivity index (χ1v) is 7.46. The van der Waals surface area contributed by atoms with Gasteiger partial charge in [-0.1, -0.05) is 34.1 Å². The van der Waals surface area contributed by atoms with E-state index in [2.05, 4.69) is 21.2 Å². The lowest BCUT2D eigenvalue weighted by atomic mass is 10.1. The zero-order valence-electron chi connectivity index (χ0n) is 11.1. The number of hydrogen-bond acceptors (Lipinski definition) is 2. The van der Waals surface area contributed by atoms with E-state index in [4.69, 9.17) is 0 Å². The van der Waals surface area contributed by atoms with Crippen LogP contribution in [0.5, 0.6) is 0 Å². The predicted molar refractivity (Wildman–Crippen MR) is 76.5 cm³/mol. The zero-order valence-corrected chi connectivity index (χ0v) is 12.7. The molecule has 1 saturated heterocycles. The molecule has 1 fully saturated rings. The molecule has 6 heteroatoms. The van der Waals surface area contributed by atoms with Crippen LogP contribution in [-0.4, -0.2) is 37.3 Å². The molecule has 0 amide bonds. The molecule has 20 heavy (non-hydrogen) atoms. The van der Waals surface area contributed by atoms with Gasteiger partial charge in [0.1, 0.15) is 0 Å². The van der Waals surface area contributed by atoms with Gasteiger partial charge in [-0.05, 0) is 37.1 Å². The second-order valence-corrected chi connectivity index (χ2v) is 6.08. The normalized spacial score (nSPS) is 20.5. The van der Waals surface area contributed by atoms with E-state index in [9.17, 15) is 13.2 Å². The first-order valence-electron chi connectivity index (χ1n) is 6.67. The van der Waals surface area contributed by atoms with Crippen molar-refractivity contribution in [1.29, 1.82) is 0 Å². The Hall–Kier alpha value is -0.590. The summed E-state index contributed by atoms with van der Waals surface area (Å²) < 4.78 is 37.9. The minimum Gasteiger partial charge on any atom is -0.312 e. The molecule has 2 rings (SSSR count). The van der Waals surface area contributed by atoms with Gasteiger partial charge in [-0.2, -0.15) is 13.2 Å². The highest BCUT2D eigenvalue weighted by Crippen LogP contribution is 2.22. The van der Waals surface area contributed by atoms with Gasteiger partial charge in [0.05, 0.1) is 6.54 Å². The molecule has 1 unspecified atom stereocenters. The Morgan fingerprint density at radius 1 is 1.30 bits per heavy atom. The summed E-state index contributed by atoms with van der Waals surface area (Å²) >= 11 is 3.48. The summed E-state index contributed by atoms with van der Waals surface area (Å²) in [6, 6.07) is 7.95. The number of hydrogen-bond donors (Lipinski definition) is 1. The molecule has 112 valence electrons. The third-order valence-electron chi connectivity index (χ3n) is 3.48. The summed E-state index contributed by atoms with van der Waals surface area (Å²) in [5, 5.41) is 3.33. The van der Waals surface area contributed by atoms with Crippen molar-refractivity contribution in [3.05, 3.63) is 34.3 Å². The van der Waals surface area contributed by atoms with Crippen LogP contribution in [0.1, 0.15) is 12.0 Å². The van der Waals surface area contributed by atoms with E-state index in [1.54, 1.807) is 0 Å². The summed E-state index contributed by atoms with van der Waals surface area (Å²) in [7, 11) is 0. The molecule has 1 heterocycles. The lowest BCUT2D eigenvalue weighted by Crippen LogP contribution is -2.33. The van der Waals surface area contributed by atoms with E-state index >= 15 is 0 Å². The Kier molecular flexibility index (Phi) is 5.46. The minimum atomic E-state index is -4.09. The Bertz CT molecular complexity index is 437. The quantitative estimate of drug-likeness (QED) is 0.875. The third kappa shape index (κ3) is 5.07. The van der Waals surface area contributed by atoms with E-state index in [1.165, 1.54) is 4.90 Å². The lowest BCUT2D eigenvalue weighted by molar-refractivity contribution is -0.143. The van der Waals surface area contributed by atoms with Gasteiger partial charge in [0.2, 0.25) is 0 Å². The molecule has 1 aromatic carbocycles. The Balaban J connectivity index is 1.70. The Labute approximate surface area is 125 Å². The molecular weight excluding hydrogens is 333 g/mol. The average Bonchev–Trinajstić information content (AvgIpc) is 2.77. The molecule has 0 bridgehead atoms. The third-order valence-corrected chi connectivity index (χ3v) is 4.25. The van der Waals surface area contributed by atoms with Crippen LogP contribution in [0.4, 0.5) is 13.2 Å². The fraction of sp³-hybridized carbons (Fsp3) is 0.571. The molecule has 0 radical (unpaired) electrons. The molecule has 1 atom stereocenters. The molecule has 0 spiro atoms. The molecule has 2 nitrogen and oxygen atoms in total. The SMILES string of the molecule is FC(F)(F)CN1CCC(CNCc2ccccc2Br)C1. The standard InChI is InChI=1S/C14H18BrF3N2/c15-13-4-2-1-3-12(13)8-19-7-11-5-6-20(9-11)10-14(16,17)18/h1-4,11,19H,5-10H2. The summed E-state index contributed by atoms with van der Waals surface area (Å²) in [4.78, 5) is 1.49. The van der Waals surface area contributed by atoms with E-state index in [-0.39, 0.29) is 0 Å². The predicted octanol–water partition coefficient (Wildman–Crippen LogP) is 3.42. The van der Waals surface area contributed by atoms with E-state index in [0.29, 0.717) is 19.0 Å². The number of benzene rings is 1. The molecule has 0 saturated carbocycles. The highest BCUT2D eigenvalue weighted by molar-refractivity contribution is 9.10. The first kappa shape index (κ1) is 15.8. The summed E-state index contributed by atoms with van der Waals surface area (Å²) in [6.07, 6.45) is -3.25. The van der Waals surface area contributed by atoms with Gasteiger partial charge in [0.15, 0.2) is 0 Å². The molecular formula is C14H18BrF3N2. The topological polar surface area (TPSA) is 15.3 Å². The Morgan fingerprint density at radius 2 is 2.05 bits per heavy atom. The van der Waals surface area contributed by atoms with Crippen LogP contribution in [0.15, 0.2) is 28.7 Å².